The number of halogens is 1. The van der Waals surface area contributed by atoms with E-state index in [1.54, 1.807) is 24.3 Å². The number of nitrogens with one attached hydrogen (secondary N) is 1. The van der Waals surface area contributed by atoms with Gasteiger partial charge in [-0.15, -0.1) is 12.4 Å². The van der Waals surface area contributed by atoms with E-state index in [-0.39, 0.29) is 29.5 Å². The van der Waals surface area contributed by atoms with Crippen LogP contribution in [-0.4, -0.2) is 37.0 Å². The molecule has 1 aromatic heterocycles. The quantitative estimate of drug-likeness (QED) is 0.814. The van der Waals surface area contributed by atoms with Gasteiger partial charge < -0.3 is 14.6 Å². The summed E-state index contributed by atoms with van der Waals surface area (Å²) in [7, 11) is 0. The maximum Gasteiger partial charge on any atom is 0.287 e. The molecule has 1 saturated heterocycles. The Morgan fingerprint density at radius 1 is 1.17 bits per heavy atom. The summed E-state index contributed by atoms with van der Waals surface area (Å²) in [6.07, 6.45) is 4.61. The molecule has 0 bridgehead atoms. The lowest BCUT2D eigenvalue weighted by atomic mass is 10.2. The van der Waals surface area contributed by atoms with Crippen molar-refractivity contribution in [2.75, 3.05) is 26.2 Å². The van der Waals surface area contributed by atoms with Crippen LogP contribution in [0.1, 0.15) is 36.2 Å². The second-order valence-electron chi connectivity index (χ2n) is 5.98. The SMILES string of the molecule is Cl.O=C(NCCCCN1CCCC1)c1cc(=O)c2ccccc2o1. The molecule has 3 rings (SSSR count). The standard InChI is InChI=1S/C18H22N2O3.ClH/c21-15-13-17(23-16-8-2-1-7-14(15)16)18(22)19-9-3-4-10-20-11-5-6-12-20;/h1-2,7-8,13H,3-6,9-12H2,(H,19,22);1H. The highest BCUT2D eigenvalue weighted by Crippen LogP contribution is 2.11. The Kier molecular flexibility index (Phi) is 6.82. The first-order valence-corrected chi connectivity index (χ1v) is 8.27. The van der Waals surface area contributed by atoms with Gasteiger partial charge in [0, 0.05) is 12.6 Å². The number of hydrogen-bond donors (Lipinski definition) is 1. The van der Waals surface area contributed by atoms with Crippen molar-refractivity contribution in [2.45, 2.75) is 25.7 Å². The van der Waals surface area contributed by atoms with E-state index in [0.717, 1.165) is 19.4 Å². The van der Waals surface area contributed by atoms with Gasteiger partial charge in [-0.3, -0.25) is 9.59 Å². The minimum atomic E-state index is -0.325. The Balaban J connectivity index is 0.00000208. The van der Waals surface area contributed by atoms with Gasteiger partial charge >= 0.3 is 0 Å². The summed E-state index contributed by atoms with van der Waals surface area (Å²) in [4.78, 5) is 26.6. The average molecular weight is 351 g/mol. The molecule has 1 aromatic carbocycles. The first-order chi connectivity index (χ1) is 11.2. The minimum absolute atomic E-state index is 0. The first kappa shape index (κ1) is 18.5. The number of fused-ring (bicyclic) bond motifs is 1. The number of hydrogen-bond acceptors (Lipinski definition) is 4. The first-order valence-electron chi connectivity index (χ1n) is 8.27. The lowest BCUT2D eigenvalue weighted by molar-refractivity contribution is 0.0925. The highest BCUT2D eigenvalue weighted by molar-refractivity contribution is 5.93. The minimum Gasteiger partial charge on any atom is -0.451 e. The fourth-order valence-corrected chi connectivity index (χ4v) is 2.97. The zero-order chi connectivity index (χ0) is 16.1. The number of benzene rings is 1. The van der Waals surface area contributed by atoms with Crippen molar-refractivity contribution >= 4 is 29.3 Å². The summed E-state index contributed by atoms with van der Waals surface area (Å²) in [5.74, 6) is -0.248. The topological polar surface area (TPSA) is 62.6 Å². The number of nitrogens with zero attached hydrogens (tertiary/aromatic N) is 1. The predicted octanol–water partition coefficient (Wildman–Crippen LogP) is 2.82. The normalized spacial score (nSPS) is 14.5. The van der Waals surface area contributed by atoms with E-state index >= 15 is 0 Å². The monoisotopic (exact) mass is 350 g/mol. The maximum absolute atomic E-state index is 12.1. The van der Waals surface area contributed by atoms with E-state index in [1.807, 2.05) is 0 Å². The summed E-state index contributed by atoms with van der Waals surface area (Å²) in [5.41, 5.74) is 0.255. The highest BCUT2D eigenvalue weighted by Gasteiger charge is 2.12. The third-order valence-electron chi connectivity index (χ3n) is 4.24. The lowest BCUT2D eigenvalue weighted by Crippen LogP contribution is -2.26. The van der Waals surface area contributed by atoms with Crippen LogP contribution in [0.5, 0.6) is 0 Å². The number of para-hydroxylation sites is 1. The molecule has 0 spiro atoms. The Bertz CT molecular complexity index is 738. The van der Waals surface area contributed by atoms with Gasteiger partial charge in [-0.2, -0.15) is 0 Å². The summed E-state index contributed by atoms with van der Waals surface area (Å²) in [5, 5.41) is 3.32. The van der Waals surface area contributed by atoms with Crippen LogP contribution in [0, 0.1) is 0 Å². The molecule has 5 nitrogen and oxygen atoms in total. The summed E-state index contributed by atoms with van der Waals surface area (Å²) in [6.45, 7) is 4.10. The van der Waals surface area contributed by atoms with E-state index < -0.39 is 0 Å². The number of unbranched alkanes of at least 4 members (excludes halogenated alkanes) is 1. The molecule has 1 amide bonds. The van der Waals surface area contributed by atoms with E-state index in [0.29, 0.717) is 17.5 Å². The van der Waals surface area contributed by atoms with E-state index in [2.05, 4.69) is 10.2 Å². The molecule has 1 N–H and O–H groups in total. The number of carbonyl (C=O) groups excluding carboxylic acids is 1. The smallest absolute Gasteiger partial charge is 0.287 e. The molecule has 0 unspecified atom stereocenters. The lowest BCUT2D eigenvalue weighted by Gasteiger charge is -2.13. The van der Waals surface area contributed by atoms with Crippen LogP contribution in [0.3, 0.4) is 0 Å². The van der Waals surface area contributed by atoms with Gasteiger partial charge in [0.25, 0.3) is 5.91 Å². The maximum atomic E-state index is 12.1. The Hall–Kier alpha value is -1.85. The van der Waals surface area contributed by atoms with Crippen LogP contribution < -0.4 is 10.7 Å². The van der Waals surface area contributed by atoms with Crippen molar-refractivity contribution in [2.24, 2.45) is 0 Å². The zero-order valence-electron chi connectivity index (χ0n) is 13.6. The fourth-order valence-electron chi connectivity index (χ4n) is 2.97. The van der Waals surface area contributed by atoms with Crippen molar-refractivity contribution in [1.29, 1.82) is 0 Å². The van der Waals surface area contributed by atoms with Crippen molar-refractivity contribution in [1.82, 2.24) is 10.2 Å². The number of amides is 1. The van der Waals surface area contributed by atoms with Gasteiger partial charge in [0.2, 0.25) is 0 Å². The molecule has 24 heavy (non-hydrogen) atoms. The largest absolute Gasteiger partial charge is 0.451 e. The van der Waals surface area contributed by atoms with Crippen LogP contribution in [0.15, 0.2) is 39.5 Å². The Morgan fingerprint density at radius 3 is 2.71 bits per heavy atom. The average Bonchev–Trinajstić information content (AvgIpc) is 3.07. The molecule has 0 radical (unpaired) electrons. The molecule has 0 aliphatic carbocycles. The van der Waals surface area contributed by atoms with Crippen LogP contribution in [0.25, 0.3) is 11.0 Å². The predicted molar refractivity (Wildman–Crippen MR) is 97.0 cm³/mol. The molecular formula is C18H23ClN2O3. The van der Waals surface area contributed by atoms with Crippen molar-refractivity contribution in [3.05, 3.63) is 46.3 Å². The molecule has 2 aromatic rings. The molecule has 0 saturated carbocycles. The number of likely N-dealkylation sites (tertiary alicyclic amines) is 1. The van der Waals surface area contributed by atoms with Gasteiger partial charge in [0.05, 0.1) is 5.39 Å². The second kappa shape index (κ2) is 8.85. The Labute approximate surface area is 147 Å². The van der Waals surface area contributed by atoms with Crippen molar-refractivity contribution < 1.29 is 9.21 Å². The molecule has 1 fully saturated rings. The fraction of sp³-hybridized carbons (Fsp3) is 0.444. The summed E-state index contributed by atoms with van der Waals surface area (Å²) < 4.78 is 5.52. The third kappa shape index (κ3) is 4.58. The highest BCUT2D eigenvalue weighted by atomic mass is 35.5. The van der Waals surface area contributed by atoms with Gasteiger partial charge in [0.1, 0.15) is 5.58 Å². The molecule has 0 atom stereocenters. The van der Waals surface area contributed by atoms with Crippen LogP contribution >= 0.6 is 12.4 Å². The van der Waals surface area contributed by atoms with Crippen molar-refractivity contribution in [3.8, 4) is 0 Å². The number of carbonyl (C=O) groups is 1. The van der Waals surface area contributed by atoms with Gasteiger partial charge in [0.15, 0.2) is 11.2 Å². The van der Waals surface area contributed by atoms with Crippen LogP contribution in [0.4, 0.5) is 0 Å². The molecule has 130 valence electrons. The third-order valence-corrected chi connectivity index (χ3v) is 4.24. The molecule has 1 aliphatic rings. The van der Waals surface area contributed by atoms with Crippen molar-refractivity contribution in [3.63, 3.8) is 0 Å². The zero-order valence-corrected chi connectivity index (χ0v) is 14.4. The number of rotatable bonds is 6. The molecule has 1 aliphatic heterocycles. The molecule has 2 heterocycles. The van der Waals surface area contributed by atoms with E-state index in [9.17, 15) is 9.59 Å². The van der Waals surface area contributed by atoms with Crippen LogP contribution in [-0.2, 0) is 0 Å². The van der Waals surface area contributed by atoms with Gasteiger partial charge in [-0.25, -0.2) is 0 Å². The van der Waals surface area contributed by atoms with E-state index in [4.69, 9.17) is 4.42 Å². The molecule has 6 heteroatoms. The Morgan fingerprint density at radius 2 is 1.92 bits per heavy atom. The molecular weight excluding hydrogens is 328 g/mol. The summed E-state index contributed by atoms with van der Waals surface area (Å²) in [6, 6.07) is 8.22. The van der Waals surface area contributed by atoms with Gasteiger partial charge in [-0.05, 0) is 57.5 Å². The van der Waals surface area contributed by atoms with Gasteiger partial charge in [-0.1, -0.05) is 12.1 Å². The second-order valence-corrected chi connectivity index (χ2v) is 5.98. The van der Waals surface area contributed by atoms with Crippen LogP contribution in [0.2, 0.25) is 0 Å². The summed E-state index contributed by atoms with van der Waals surface area (Å²) >= 11 is 0. The van der Waals surface area contributed by atoms with E-state index in [1.165, 1.54) is 32.0 Å².